The number of phenols is 1. The van der Waals surface area contributed by atoms with E-state index < -0.39 is 0 Å². The number of carbonyl (C=O) groups is 2. The first-order chi connectivity index (χ1) is 14.0. The molecule has 4 rings (SSSR count). The van der Waals surface area contributed by atoms with Crippen LogP contribution in [0.25, 0.3) is 0 Å². The lowest BCUT2D eigenvalue weighted by Gasteiger charge is -2.31. The quantitative estimate of drug-likeness (QED) is 0.837. The first-order valence-corrected chi connectivity index (χ1v) is 10.4. The number of aromatic nitrogens is 1. The van der Waals surface area contributed by atoms with E-state index in [4.69, 9.17) is 0 Å². The molecule has 0 atom stereocenters. The molecule has 1 aliphatic carbocycles. The average molecular weight is 393 g/mol. The molecule has 1 aromatic heterocycles. The average Bonchev–Trinajstić information content (AvgIpc) is 2.74. The van der Waals surface area contributed by atoms with E-state index in [0.29, 0.717) is 37.3 Å². The zero-order valence-corrected chi connectivity index (χ0v) is 16.8. The van der Waals surface area contributed by atoms with Crippen LogP contribution in [0.4, 0.5) is 5.82 Å². The molecular weight excluding hydrogens is 366 g/mol. The molecule has 152 valence electrons. The summed E-state index contributed by atoms with van der Waals surface area (Å²) < 4.78 is 0. The number of anilines is 1. The highest BCUT2D eigenvalue weighted by atomic mass is 16.3. The van der Waals surface area contributed by atoms with Crippen molar-refractivity contribution in [1.82, 2.24) is 9.88 Å². The number of nitrogens with zero attached hydrogens (tertiary/aromatic N) is 2. The maximum Gasteiger partial charge on any atom is 0.257 e. The third-order valence-corrected chi connectivity index (χ3v) is 6.01. The minimum atomic E-state index is -0.144. The van der Waals surface area contributed by atoms with Crippen LogP contribution in [0.15, 0.2) is 30.5 Å². The monoisotopic (exact) mass is 393 g/mol. The summed E-state index contributed by atoms with van der Waals surface area (Å²) in [6, 6.07) is 7.34. The van der Waals surface area contributed by atoms with Gasteiger partial charge in [0.15, 0.2) is 0 Å². The largest absolute Gasteiger partial charge is 0.507 e. The minimum absolute atomic E-state index is 0.0509. The Labute approximate surface area is 171 Å². The van der Waals surface area contributed by atoms with Gasteiger partial charge in [-0.3, -0.25) is 9.59 Å². The van der Waals surface area contributed by atoms with Gasteiger partial charge >= 0.3 is 0 Å². The number of aryl methyl sites for hydroxylation is 3. The number of phenolic OH excluding ortho intramolecular Hbond substituents is 1. The number of amides is 2. The third-order valence-electron chi connectivity index (χ3n) is 6.01. The number of fused-ring (bicyclic) bond motifs is 1. The van der Waals surface area contributed by atoms with Crippen molar-refractivity contribution in [3.8, 4) is 5.75 Å². The van der Waals surface area contributed by atoms with Crippen molar-refractivity contribution < 1.29 is 14.7 Å². The van der Waals surface area contributed by atoms with Gasteiger partial charge in [-0.15, -0.1) is 0 Å². The summed E-state index contributed by atoms with van der Waals surface area (Å²) in [6.07, 6.45) is 7.13. The standard InChI is InChI=1S/C23H27N3O3/c1-15-6-7-21(24-14-15)25-22(28)16-8-10-26(11-9-16)23(29)19-12-17-4-2-3-5-18(17)13-20(19)27/h6-7,12-14,16,27H,2-5,8-11H2,1H3,(H,24,25,28). The number of rotatable bonds is 3. The molecule has 1 saturated heterocycles. The third kappa shape index (κ3) is 4.26. The van der Waals surface area contributed by atoms with Gasteiger partial charge in [0.05, 0.1) is 5.56 Å². The Bertz CT molecular complexity index is 916. The Hall–Kier alpha value is -2.89. The second kappa shape index (κ2) is 8.23. The van der Waals surface area contributed by atoms with Crippen molar-refractivity contribution in [3.63, 3.8) is 0 Å². The molecule has 2 aliphatic rings. The van der Waals surface area contributed by atoms with Gasteiger partial charge in [-0.1, -0.05) is 6.07 Å². The highest BCUT2D eigenvalue weighted by molar-refractivity contribution is 5.97. The normalized spacial score (nSPS) is 16.9. The summed E-state index contributed by atoms with van der Waals surface area (Å²) in [5, 5.41) is 13.2. The molecule has 0 radical (unpaired) electrons. The predicted octanol–water partition coefficient (Wildman–Crippen LogP) is 3.47. The summed E-state index contributed by atoms with van der Waals surface area (Å²) in [6.45, 7) is 2.97. The lowest BCUT2D eigenvalue weighted by Crippen LogP contribution is -2.41. The van der Waals surface area contributed by atoms with Crippen LogP contribution in [0.3, 0.4) is 0 Å². The van der Waals surface area contributed by atoms with Gasteiger partial charge in [-0.2, -0.15) is 0 Å². The van der Waals surface area contributed by atoms with E-state index in [0.717, 1.165) is 36.8 Å². The Balaban J connectivity index is 1.37. The second-order valence-corrected chi connectivity index (χ2v) is 8.12. The second-order valence-electron chi connectivity index (χ2n) is 8.12. The number of benzene rings is 1. The van der Waals surface area contributed by atoms with Crippen LogP contribution >= 0.6 is 0 Å². The first-order valence-electron chi connectivity index (χ1n) is 10.4. The van der Waals surface area contributed by atoms with Crippen molar-refractivity contribution in [2.45, 2.75) is 45.4 Å². The number of hydrogen-bond acceptors (Lipinski definition) is 4. The molecule has 2 aromatic rings. The molecule has 1 aliphatic heterocycles. The fraction of sp³-hybridized carbons (Fsp3) is 0.435. The van der Waals surface area contributed by atoms with Gasteiger partial charge in [0.1, 0.15) is 11.6 Å². The van der Waals surface area contributed by atoms with Crippen molar-refractivity contribution in [2.24, 2.45) is 5.92 Å². The predicted molar refractivity (Wildman–Crippen MR) is 111 cm³/mol. The molecule has 2 heterocycles. The Morgan fingerprint density at radius 1 is 1.10 bits per heavy atom. The summed E-state index contributed by atoms with van der Waals surface area (Å²) in [5.74, 6) is 0.290. The van der Waals surface area contributed by atoms with E-state index in [9.17, 15) is 14.7 Å². The van der Waals surface area contributed by atoms with Crippen LogP contribution in [0.2, 0.25) is 0 Å². The van der Waals surface area contributed by atoms with Gasteiger partial charge in [-0.25, -0.2) is 4.98 Å². The number of aromatic hydroxyl groups is 1. The molecule has 0 saturated carbocycles. The van der Waals surface area contributed by atoms with E-state index in [1.807, 2.05) is 19.1 Å². The molecule has 6 nitrogen and oxygen atoms in total. The molecule has 1 fully saturated rings. The summed E-state index contributed by atoms with van der Waals surface area (Å²) >= 11 is 0. The number of pyridine rings is 1. The molecule has 29 heavy (non-hydrogen) atoms. The van der Waals surface area contributed by atoms with Crippen LogP contribution < -0.4 is 5.32 Å². The van der Waals surface area contributed by atoms with Gasteiger partial charge in [0, 0.05) is 25.2 Å². The fourth-order valence-corrected chi connectivity index (χ4v) is 4.23. The Morgan fingerprint density at radius 2 is 1.79 bits per heavy atom. The maximum absolute atomic E-state index is 13.0. The topological polar surface area (TPSA) is 82.5 Å². The van der Waals surface area contributed by atoms with E-state index in [1.54, 1.807) is 23.2 Å². The number of likely N-dealkylation sites (tertiary alicyclic amines) is 1. The maximum atomic E-state index is 13.0. The van der Waals surface area contributed by atoms with Gasteiger partial charge in [0.2, 0.25) is 5.91 Å². The molecule has 0 bridgehead atoms. The van der Waals surface area contributed by atoms with E-state index in [2.05, 4.69) is 10.3 Å². The molecular formula is C23H27N3O3. The van der Waals surface area contributed by atoms with Crippen LogP contribution in [-0.4, -0.2) is 39.9 Å². The van der Waals surface area contributed by atoms with Crippen LogP contribution in [0.5, 0.6) is 5.75 Å². The van der Waals surface area contributed by atoms with Crippen LogP contribution in [0, 0.1) is 12.8 Å². The smallest absolute Gasteiger partial charge is 0.257 e. The molecule has 0 unspecified atom stereocenters. The lowest BCUT2D eigenvalue weighted by atomic mass is 9.89. The lowest BCUT2D eigenvalue weighted by molar-refractivity contribution is -0.121. The van der Waals surface area contributed by atoms with Crippen molar-refractivity contribution in [3.05, 3.63) is 52.7 Å². The van der Waals surface area contributed by atoms with Crippen molar-refractivity contribution in [2.75, 3.05) is 18.4 Å². The zero-order chi connectivity index (χ0) is 20.4. The number of carbonyl (C=O) groups excluding carboxylic acids is 2. The molecule has 1 aromatic carbocycles. The van der Waals surface area contributed by atoms with Crippen LogP contribution in [0.1, 0.15) is 52.7 Å². The SMILES string of the molecule is Cc1ccc(NC(=O)C2CCN(C(=O)c3cc4c(cc3O)CCCC4)CC2)nc1. The van der Waals surface area contributed by atoms with Gasteiger partial charge in [-0.05, 0) is 80.3 Å². The molecule has 2 amide bonds. The summed E-state index contributed by atoms with van der Waals surface area (Å²) in [4.78, 5) is 31.4. The molecule has 0 spiro atoms. The first kappa shape index (κ1) is 19.4. The highest BCUT2D eigenvalue weighted by Crippen LogP contribution is 2.30. The summed E-state index contributed by atoms with van der Waals surface area (Å²) in [7, 11) is 0. The minimum Gasteiger partial charge on any atom is -0.507 e. The summed E-state index contributed by atoms with van der Waals surface area (Å²) in [5.41, 5.74) is 3.76. The van der Waals surface area contributed by atoms with Crippen molar-refractivity contribution >= 4 is 17.6 Å². The van der Waals surface area contributed by atoms with Crippen LogP contribution in [-0.2, 0) is 17.6 Å². The number of nitrogens with one attached hydrogen (secondary N) is 1. The Morgan fingerprint density at radius 3 is 2.45 bits per heavy atom. The van der Waals surface area contributed by atoms with E-state index in [-0.39, 0.29) is 23.5 Å². The molecule has 6 heteroatoms. The number of hydrogen-bond donors (Lipinski definition) is 2. The fourth-order valence-electron chi connectivity index (χ4n) is 4.23. The molecule has 2 N–H and O–H groups in total. The van der Waals surface area contributed by atoms with E-state index in [1.165, 1.54) is 5.56 Å². The Kier molecular flexibility index (Phi) is 5.51. The highest BCUT2D eigenvalue weighted by Gasteiger charge is 2.29. The van der Waals surface area contributed by atoms with Gasteiger partial charge < -0.3 is 15.3 Å². The zero-order valence-electron chi connectivity index (χ0n) is 16.8. The van der Waals surface area contributed by atoms with Gasteiger partial charge in [0.25, 0.3) is 5.91 Å². The van der Waals surface area contributed by atoms with Crippen molar-refractivity contribution in [1.29, 1.82) is 0 Å². The van der Waals surface area contributed by atoms with E-state index >= 15 is 0 Å². The number of piperidine rings is 1.